The third kappa shape index (κ3) is 11.4. The maximum Gasteiger partial charge on any atom is 0.161 e. The Morgan fingerprint density at radius 3 is 1.14 bits per heavy atom. The van der Waals surface area contributed by atoms with Gasteiger partial charge in [-0.1, -0.05) is 237 Å². The largest absolute Gasteiger partial charge is 0.255 e. The molecule has 110 heavy (non-hydrogen) atoms. The van der Waals surface area contributed by atoms with E-state index in [9.17, 15) is 0 Å². The van der Waals surface area contributed by atoms with Gasteiger partial charge < -0.3 is 0 Å². The molecule has 0 amide bonds. The number of aromatic nitrogens is 11. The van der Waals surface area contributed by atoms with Gasteiger partial charge in [0.2, 0.25) is 0 Å². The van der Waals surface area contributed by atoms with Crippen molar-refractivity contribution in [1.29, 1.82) is 0 Å². The molecule has 0 bridgehead atoms. The van der Waals surface area contributed by atoms with Crippen LogP contribution in [-0.2, 0) is 0 Å². The molecule has 0 saturated carbocycles. The second-order valence-corrected chi connectivity index (χ2v) is 28.5. The Morgan fingerprint density at radius 1 is 0.200 bits per heavy atom. The summed E-state index contributed by atoms with van der Waals surface area (Å²) in [5, 5.41) is 16.0. The number of nitrogens with zero attached hydrogens (tertiary/aromatic N) is 11. The maximum absolute atomic E-state index is 5.46. The average Bonchev–Trinajstić information content (AvgIpc) is 1.30. The van der Waals surface area contributed by atoms with Crippen LogP contribution < -0.4 is 0 Å². The number of fused-ring (bicyclic) bond motifs is 16. The highest BCUT2D eigenvalue weighted by molar-refractivity contribution is 7.00. The van der Waals surface area contributed by atoms with Gasteiger partial charge >= 0.3 is 0 Å². The average molecular weight is 1440 g/mol. The van der Waals surface area contributed by atoms with E-state index in [-0.39, 0.29) is 0 Å². The minimum absolute atomic E-state index is 0.692. The van der Waals surface area contributed by atoms with Crippen molar-refractivity contribution in [2.75, 3.05) is 0 Å². The molecule has 11 nitrogen and oxygen atoms in total. The predicted molar refractivity (Wildman–Crippen MR) is 454 cm³/mol. The molecule has 22 aromatic rings. The first-order valence-electron chi connectivity index (χ1n) is 36.4. The lowest BCUT2D eigenvalue weighted by atomic mass is 9.94. The highest BCUT2D eigenvalue weighted by Crippen LogP contribution is 2.43. The van der Waals surface area contributed by atoms with E-state index in [0.29, 0.717) is 5.82 Å². The summed E-state index contributed by atoms with van der Waals surface area (Å²) < 4.78 is 18.4. The van der Waals surface area contributed by atoms with Gasteiger partial charge in [-0.15, -0.1) is 0 Å². The number of hydrogen-bond donors (Lipinski definition) is 0. The molecule has 13 heteroatoms. The standard InChI is InChI=1S/C57H33N5S.C40H24N6S/c1-3-16-40-37(12-1)31-48(44-20-7-5-18-42(40)44)53-33-52(59-57(60-53)49-32-38-13-2-4-17-41(38)43-19-6-8-21-45(43)49)39-15-11-14-36(30-39)34-24-26-35(27-25-34)55-47-28-29-51-56(62-63-61-51)54(47)46-22-9-10-23-50(46)58-55;1-2-8-32-30(7-1)38-31(19-20-35-40(38)46-47-45-35)39(44-32)28-17-15-26(16-18-28)25-11-13-27(14-12-25)29-23-36(33-9-3-5-21-41-33)43-37(24-29)34-10-4-6-22-42-34/h1-33H;1-24H. The highest BCUT2D eigenvalue weighted by atomic mass is 32.1. The van der Waals surface area contributed by atoms with Crippen molar-refractivity contribution in [2.24, 2.45) is 0 Å². The predicted octanol–water partition coefficient (Wildman–Crippen LogP) is 25.0. The minimum Gasteiger partial charge on any atom is -0.255 e. The van der Waals surface area contributed by atoms with Gasteiger partial charge in [-0.25, -0.2) is 24.9 Å². The molecule has 8 aromatic heterocycles. The van der Waals surface area contributed by atoms with Crippen molar-refractivity contribution in [3.8, 4) is 113 Å². The van der Waals surface area contributed by atoms with Gasteiger partial charge in [-0.3, -0.25) is 9.97 Å². The van der Waals surface area contributed by atoms with Crippen molar-refractivity contribution >= 4 is 132 Å². The van der Waals surface area contributed by atoms with Gasteiger partial charge in [0.25, 0.3) is 0 Å². The molecule has 0 atom stereocenters. The topological polar surface area (TPSA) is 142 Å². The van der Waals surface area contributed by atoms with Gasteiger partial charge in [0.1, 0.15) is 22.1 Å². The van der Waals surface area contributed by atoms with Crippen LogP contribution in [0.1, 0.15) is 0 Å². The first-order valence-corrected chi connectivity index (χ1v) is 37.8. The summed E-state index contributed by atoms with van der Waals surface area (Å²) in [6, 6.07) is 117. The second-order valence-electron chi connectivity index (χ2n) is 27.4. The summed E-state index contributed by atoms with van der Waals surface area (Å²) in [4.78, 5) is 35.2. The van der Waals surface area contributed by atoms with Crippen LogP contribution in [0.3, 0.4) is 0 Å². The SMILES string of the molecule is c1cc(-c2ccc(-c3nc4ccccc4c4c3ccc3nsnc34)cc2)cc(-c2cc(-c3cc4ccccc4c4ccccc34)nc(-c3cc4ccccc4c4ccccc34)n2)c1.c1ccc(-c2cc(-c3ccc(-c4ccc(-c5nc6ccccc6c6c5ccc5nsnc56)cc4)cc3)cc(-c3ccccn3)n2)nc1. The number of rotatable bonds is 10. The lowest BCUT2D eigenvalue weighted by Crippen LogP contribution is -1.98. The summed E-state index contributed by atoms with van der Waals surface area (Å²) in [6.45, 7) is 0. The quantitative estimate of drug-likeness (QED) is 0.121. The third-order valence-corrected chi connectivity index (χ3v) is 22.1. The van der Waals surface area contributed by atoms with Crippen LogP contribution in [0.4, 0.5) is 0 Å². The zero-order valence-electron chi connectivity index (χ0n) is 58.6. The lowest BCUT2D eigenvalue weighted by Gasteiger charge is -2.15. The van der Waals surface area contributed by atoms with Crippen molar-refractivity contribution < 1.29 is 0 Å². The van der Waals surface area contributed by atoms with Crippen LogP contribution in [-0.4, -0.2) is 52.4 Å². The Bertz CT molecular complexity index is 7200. The fourth-order valence-electron chi connectivity index (χ4n) is 15.7. The zero-order valence-corrected chi connectivity index (χ0v) is 60.3. The summed E-state index contributed by atoms with van der Waals surface area (Å²) in [5.41, 5.74) is 24.3. The smallest absolute Gasteiger partial charge is 0.161 e. The van der Waals surface area contributed by atoms with Crippen LogP contribution in [0.2, 0.25) is 0 Å². The van der Waals surface area contributed by atoms with Crippen LogP contribution in [0.5, 0.6) is 0 Å². The monoisotopic (exact) mass is 1440 g/mol. The Kier molecular flexibility index (Phi) is 15.7. The van der Waals surface area contributed by atoms with Gasteiger partial charge in [-0.2, -0.15) is 17.5 Å². The fourth-order valence-corrected chi connectivity index (χ4v) is 16.8. The fraction of sp³-hybridized carbons (Fsp3) is 0. The zero-order chi connectivity index (χ0) is 72.6. The first-order chi connectivity index (χ1) is 54.5. The van der Waals surface area contributed by atoms with E-state index in [2.05, 4.69) is 302 Å². The van der Waals surface area contributed by atoms with E-state index in [1.165, 1.54) is 50.4 Å². The van der Waals surface area contributed by atoms with E-state index >= 15 is 0 Å². The van der Waals surface area contributed by atoms with Crippen molar-refractivity contribution in [1.82, 2.24) is 52.4 Å². The van der Waals surface area contributed by atoms with Crippen LogP contribution >= 0.6 is 23.5 Å². The molecule has 0 saturated heterocycles. The molecule has 0 spiro atoms. The molecule has 512 valence electrons. The normalized spacial score (nSPS) is 11.6. The highest BCUT2D eigenvalue weighted by Gasteiger charge is 2.22. The summed E-state index contributed by atoms with van der Waals surface area (Å²) in [7, 11) is 0. The minimum atomic E-state index is 0.692. The van der Waals surface area contributed by atoms with E-state index in [1.54, 1.807) is 12.4 Å². The van der Waals surface area contributed by atoms with E-state index in [0.717, 1.165) is 188 Å². The van der Waals surface area contributed by atoms with Crippen molar-refractivity contribution in [3.05, 3.63) is 346 Å². The molecule has 0 aliphatic heterocycles. The molecule has 0 radical (unpaired) electrons. The molecule has 8 heterocycles. The molecule has 0 N–H and O–H groups in total. The second kappa shape index (κ2) is 26.9. The van der Waals surface area contributed by atoms with E-state index in [4.69, 9.17) is 29.3 Å². The summed E-state index contributed by atoms with van der Waals surface area (Å²) in [5.74, 6) is 0.692. The van der Waals surface area contributed by atoms with Gasteiger partial charge in [0.15, 0.2) is 5.82 Å². The van der Waals surface area contributed by atoms with Gasteiger partial charge in [0.05, 0.1) is 80.0 Å². The Labute approximate surface area is 638 Å². The first kappa shape index (κ1) is 64.0. The third-order valence-electron chi connectivity index (χ3n) is 21.0. The van der Waals surface area contributed by atoms with Gasteiger partial charge in [0, 0.05) is 72.5 Å². The summed E-state index contributed by atoms with van der Waals surface area (Å²) >= 11 is 2.50. The summed E-state index contributed by atoms with van der Waals surface area (Å²) in [6.07, 6.45) is 3.58. The Morgan fingerprint density at radius 2 is 0.618 bits per heavy atom. The Hall–Kier alpha value is -14.4. The van der Waals surface area contributed by atoms with Crippen molar-refractivity contribution in [2.45, 2.75) is 0 Å². The number of para-hydroxylation sites is 2. The molecule has 0 fully saturated rings. The van der Waals surface area contributed by atoms with Crippen LogP contribution in [0.15, 0.2) is 346 Å². The molecule has 22 rings (SSSR count). The molecule has 14 aromatic carbocycles. The molecule has 0 aliphatic carbocycles. The number of benzene rings is 14. The van der Waals surface area contributed by atoms with E-state index in [1.807, 2.05) is 54.6 Å². The molecule has 0 aliphatic rings. The van der Waals surface area contributed by atoms with Crippen LogP contribution in [0, 0.1) is 0 Å². The Balaban J connectivity index is 0.000000146. The molecule has 0 unspecified atom stereocenters. The van der Waals surface area contributed by atoms with Gasteiger partial charge in [-0.05, 0) is 174 Å². The number of pyridine rings is 5. The van der Waals surface area contributed by atoms with E-state index < -0.39 is 0 Å². The lowest BCUT2D eigenvalue weighted by molar-refractivity contribution is 1.19. The van der Waals surface area contributed by atoms with Crippen molar-refractivity contribution in [3.63, 3.8) is 0 Å². The molecular formula is C97H57N11S2. The maximum atomic E-state index is 5.46. The number of hydrogen-bond acceptors (Lipinski definition) is 13. The molecular weight excluding hydrogens is 1380 g/mol. The van der Waals surface area contributed by atoms with Crippen LogP contribution in [0.25, 0.3) is 221 Å².